The van der Waals surface area contributed by atoms with Gasteiger partial charge in [-0.15, -0.1) is 10.2 Å². The first-order chi connectivity index (χ1) is 12.7. The molecule has 5 nitrogen and oxygen atoms in total. The van der Waals surface area contributed by atoms with Crippen LogP contribution in [-0.4, -0.2) is 26.4 Å². The van der Waals surface area contributed by atoms with Crippen LogP contribution < -0.4 is 5.32 Å². The maximum Gasteiger partial charge on any atom is 0.230 e. The van der Waals surface area contributed by atoms with E-state index in [1.54, 1.807) is 6.33 Å². The van der Waals surface area contributed by atoms with E-state index in [9.17, 15) is 4.79 Å². The topological polar surface area (TPSA) is 59.8 Å². The Kier molecular flexibility index (Phi) is 4.95. The molecule has 1 aliphatic rings. The molecule has 3 aromatic rings. The zero-order valence-corrected chi connectivity index (χ0v) is 15.5. The maximum atomic E-state index is 12.4. The van der Waals surface area contributed by atoms with E-state index in [2.05, 4.69) is 27.6 Å². The average molecular weight is 385 g/mol. The zero-order chi connectivity index (χ0) is 17.9. The number of carbonyl (C=O) groups excluding carboxylic acids is 1. The van der Waals surface area contributed by atoms with Crippen molar-refractivity contribution in [1.82, 2.24) is 20.1 Å². The van der Waals surface area contributed by atoms with Gasteiger partial charge in [-0.3, -0.25) is 9.36 Å². The minimum absolute atomic E-state index is 0.00246. The molecule has 1 unspecified atom stereocenters. The number of carbonyl (C=O) groups is 1. The van der Waals surface area contributed by atoms with Gasteiger partial charge in [0.2, 0.25) is 5.91 Å². The number of halogens is 1. The third-order valence-electron chi connectivity index (χ3n) is 4.40. The van der Waals surface area contributed by atoms with Gasteiger partial charge in [0.05, 0.1) is 17.5 Å². The van der Waals surface area contributed by atoms with Crippen molar-refractivity contribution in [3.05, 3.63) is 71.0 Å². The van der Waals surface area contributed by atoms with Crippen molar-refractivity contribution in [2.75, 3.05) is 5.75 Å². The molecule has 2 aromatic carbocycles. The molecular weight excluding hydrogens is 368 g/mol. The average Bonchev–Trinajstić information content (AvgIpc) is 3.27. The van der Waals surface area contributed by atoms with Crippen molar-refractivity contribution in [2.45, 2.75) is 24.0 Å². The molecule has 0 saturated heterocycles. The van der Waals surface area contributed by atoms with Gasteiger partial charge in [-0.2, -0.15) is 0 Å². The van der Waals surface area contributed by atoms with Gasteiger partial charge >= 0.3 is 0 Å². The number of benzene rings is 2. The Labute approximate surface area is 160 Å². The van der Waals surface area contributed by atoms with Crippen LogP contribution in [0.25, 0.3) is 5.69 Å². The van der Waals surface area contributed by atoms with Gasteiger partial charge in [0.1, 0.15) is 6.33 Å². The monoisotopic (exact) mass is 384 g/mol. The van der Waals surface area contributed by atoms with Crippen LogP contribution in [0.1, 0.15) is 23.6 Å². The van der Waals surface area contributed by atoms with Crippen LogP contribution in [0.3, 0.4) is 0 Å². The summed E-state index contributed by atoms with van der Waals surface area (Å²) in [5.74, 6) is 0.287. The van der Waals surface area contributed by atoms with Crippen LogP contribution in [-0.2, 0) is 11.2 Å². The first-order valence-electron chi connectivity index (χ1n) is 8.36. The molecule has 0 spiro atoms. The molecule has 1 N–H and O–H groups in total. The van der Waals surface area contributed by atoms with E-state index < -0.39 is 0 Å². The van der Waals surface area contributed by atoms with Crippen molar-refractivity contribution in [3.8, 4) is 5.69 Å². The fourth-order valence-corrected chi connectivity index (χ4v) is 4.12. The Bertz CT molecular complexity index is 943. The normalized spacial score (nSPS) is 15.7. The second-order valence-electron chi connectivity index (χ2n) is 6.11. The van der Waals surface area contributed by atoms with E-state index in [-0.39, 0.29) is 17.7 Å². The van der Waals surface area contributed by atoms with Crippen LogP contribution in [0.4, 0.5) is 0 Å². The SMILES string of the molecule is O=C(CSc1nncn1-c1cccc(Cl)c1)NC1CCc2ccccc21. The highest BCUT2D eigenvalue weighted by atomic mass is 35.5. The zero-order valence-electron chi connectivity index (χ0n) is 13.9. The molecule has 7 heteroatoms. The van der Waals surface area contributed by atoms with E-state index in [4.69, 9.17) is 11.6 Å². The van der Waals surface area contributed by atoms with E-state index in [0.717, 1.165) is 18.5 Å². The van der Waals surface area contributed by atoms with E-state index >= 15 is 0 Å². The van der Waals surface area contributed by atoms with Gasteiger partial charge < -0.3 is 5.32 Å². The molecule has 1 heterocycles. The summed E-state index contributed by atoms with van der Waals surface area (Å²) in [6.45, 7) is 0. The highest BCUT2D eigenvalue weighted by molar-refractivity contribution is 7.99. The molecule has 26 heavy (non-hydrogen) atoms. The summed E-state index contributed by atoms with van der Waals surface area (Å²) < 4.78 is 1.83. The Balaban J connectivity index is 1.40. The molecule has 0 radical (unpaired) electrons. The van der Waals surface area contributed by atoms with E-state index in [1.165, 1.54) is 22.9 Å². The molecule has 1 aromatic heterocycles. The maximum absolute atomic E-state index is 12.4. The molecule has 0 aliphatic heterocycles. The summed E-state index contributed by atoms with van der Waals surface area (Å²) in [7, 11) is 0. The first-order valence-corrected chi connectivity index (χ1v) is 9.73. The van der Waals surface area contributed by atoms with Crippen molar-refractivity contribution >= 4 is 29.3 Å². The molecule has 1 aliphatic carbocycles. The van der Waals surface area contributed by atoms with E-state index in [1.807, 2.05) is 41.0 Å². The summed E-state index contributed by atoms with van der Waals surface area (Å²) in [5.41, 5.74) is 3.43. The predicted octanol–water partition coefficient (Wildman–Crippen LogP) is 3.82. The highest BCUT2D eigenvalue weighted by Gasteiger charge is 2.23. The predicted molar refractivity (Wildman–Crippen MR) is 103 cm³/mol. The second-order valence-corrected chi connectivity index (χ2v) is 7.49. The fourth-order valence-electron chi connectivity index (χ4n) is 3.20. The van der Waals surface area contributed by atoms with Crippen LogP contribution in [0.2, 0.25) is 5.02 Å². The number of nitrogens with zero attached hydrogens (tertiary/aromatic N) is 3. The number of hydrogen-bond donors (Lipinski definition) is 1. The minimum atomic E-state index is -0.00246. The van der Waals surface area contributed by atoms with Gasteiger partial charge in [0.25, 0.3) is 0 Å². The summed E-state index contributed by atoms with van der Waals surface area (Å²) in [6, 6.07) is 15.8. The molecule has 1 atom stereocenters. The summed E-state index contributed by atoms with van der Waals surface area (Å²) in [6.07, 6.45) is 3.59. The van der Waals surface area contributed by atoms with Crippen molar-refractivity contribution in [3.63, 3.8) is 0 Å². The second kappa shape index (κ2) is 7.51. The molecule has 1 amide bonds. The number of thioether (sulfide) groups is 1. The number of fused-ring (bicyclic) bond motifs is 1. The largest absolute Gasteiger partial charge is 0.349 e. The highest BCUT2D eigenvalue weighted by Crippen LogP contribution is 2.31. The number of rotatable bonds is 5. The summed E-state index contributed by atoms with van der Waals surface area (Å²) in [4.78, 5) is 12.4. The van der Waals surface area contributed by atoms with E-state index in [0.29, 0.717) is 10.2 Å². The van der Waals surface area contributed by atoms with Crippen LogP contribution in [0.15, 0.2) is 60.0 Å². The number of aryl methyl sites for hydroxylation is 1. The first kappa shape index (κ1) is 17.1. The Morgan fingerprint density at radius 2 is 2.15 bits per heavy atom. The Morgan fingerprint density at radius 3 is 3.04 bits per heavy atom. The number of amides is 1. The van der Waals surface area contributed by atoms with Gasteiger partial charge in [-0.05, 0) is 42.2 Å². The van der Waals surface area contributed by atoms with Crippen LogP contribution in [0, 0.1) is 0 Å². The Hall–Kier alpha value is -2.31. The van der Waals surface area contributed by atoms with Crippen LogP contribution in [0.5, 0.6) is 0 Å². The smallest absolute Gasteiger partial charge is 0.230 e. The van der Waals surface area contributed by atoms with Crippen molar-refractivity contribution < 1.29 is 4.79 Å². The number of aromatic nitrogens is 3. The minimum Gasteiger partial charge on any atom is -0.349 e. The standard InChI is InChI=1S/C19H17ClN4OS/c20-14-5-3-6-15(10-14)24-12-21-23-19(24)26-11-18(25)22-17-9-8-13-4-1-2-7-16(13)17/h1-7,10,12,17H,8-9,11H2,(H,22,25). The molecule has 0 fully saturated rings. The van der Waals surface area contributed by atoms with Crippen molar-refractivity contribution in [1.29, 1.82) is 0 Å². The molecule has 0 bridgehead atoms. The quantitative estimate of drug-likeness (QED) is 0.679. The lowest BCUT2D eigenvalue weighted by Crippen LogP contribution is -2.28. The third-order valence-corrected chi connectivity index (χ3v) is 5.58. The van der Waals surface area contributed by atoms with Gasteiger partial charge in [0.15, 0.2) is 5.16 Å². The fraction of sp³-hybridized carbons (Fsp3) is 0.211. The molecule has 4 rings (SSSR count). The van der Waals surface area contributed by atoms with Gasteiger partial charge in [-0.25, -0.2) is 0 Å². The molecule has 132 valence electrons. The lowest BCUT2D eigenvalue weighted by Gasteiger charge is -2.14. The summed E-state index contributed by atoms with van der Waals surface area (Å²) in [5, 5.41) is 12.5. The van der Waals surface area contributed by atoms with Crippen LogP contribution >= 0.6 is 23.4 Å². The Morgan fingerprint density at radius 1 is 1.27 bits per heavy atom. The van der Waals surface area contributed by atoms with Crippen molar-refractivity contribution in [2.24, 2.45) is 0 Å². The molecule has 0 saturated carbocycles. The van der Waals surface area contributed by atoms with Gasteiger partial charge in [0, 0.05) is 5.02 Å². The number of hydrogen-bond acceptors (Lipinski definition) is 4. The summed E-state index contributed by atoms with van der Waals surface area (Å²) >= 11 is 7.41. The lowest BCUT2D eigenvalue weighted by atomic mass is 10.1. The number of nitrogens with one attached hydrogen (secondary N) is 1. The molecular formula is C19H17ClN4OS. The lowest BCUT2D eigenvalue weighted by molar-refractivity contribution is -0.119. The third kappa shape index (κ3) is 3.61. The van der Waals surface area contributed by atoms with Gasteiger partial charge in [-0.1, -0.05) is 53.7 Å².